The topological polar surface area (TPSA) is 33.0 Å². The van der Waals surface area contributed by atoms with Gasteiger partial charge in [0, 0.05) is 0 Å². The van der Waals surface area contributed by atoms with Gasteiger partial charge in [-0.25, -0.2) is 0 Å². The van der Waals surface area contributed by atoms with Crippen molar-refractivity contribution in [3.63, 3.8) is 0 Å². The molecule has 0 spiro atoms. The van der Waals surface area contributed by atoms with E-state index in [4.69, 9.17) is 10.00 Å². The fraction of sp³-hybridized carbons (Fsp3) is 0.429. The van der Waals surface area contributed by atoms with Gasteiger partial charge in [-0.1, -0.05) is 24.0 Å². The monoisotopic (exact) mass is 213 g/mol. The first-order valence-electron chi connectivity index (χ1n) is 5.62. The lowest BCUT2D eigenvalue weighted by Gasteiger charge is -2.23. The van der Waals surface area contributed by atoms with Crippen LogP contribution in [0, 0.1) is 23.2 Å². The second-order valence-electron chi connectivity index (χ2n) is 4.15. The molecule has 0 aromatic rings. The fourth-order valence-electron chi connectivity index (χ4n) is 2.43. The third-order valence-electron chi connectivity index (χ3n) is 3.26. The summed E-state index contributed by atoms with van der Waals surface area (Å²) in [7, 11) is 1.50. The molecular weight excluding hydrogens is 198 g/mol. The Labute approximate surface area is 96.2 Å². The molecule has 82 valence electrons. The summed E-state index contributed by atoms with van der Waals surface area (Å²) in [5.74, 6) is 1.35. The number of methoxy groups -OCH3 is 1. The van der Waals surface area contributed by atoms with Gasteiger partial charge in [-0.2, -0.15) is 5.26 Å². The Morgan fingerprint density at radius 2 is 2.50 bits per heavy atom. The average molecular weight is 213 g/mol. The van der Waals surface area contributed by atoms with E-state index in [0.29, 0.717) is 11.8 Å². The highest BCUT2D eigenvalue weighted by molar-refractivity contribution is 5.31. The number of allylic oxidation sites excluding steroid dienone is 5. The summed E-state index contributed by atoms with van der Waals surface area (Å²) in [6.07, 6.45) is 12.2. The van der Waals surface area contributed by atoms with E-state index in [1.807, 2.05) is 12.1 Å². The lowest BCUT2D eigenvalue weighted by atomic mass is 9.81. The van der Waals surface area contributed by atoms with Crippen LogP contribution in [0.15, 0.2) is 41.4 Å². The molecule has 2 nitrogen and oxygen atoms in total. The zero-order valence-electron chi connectivity index (χ0n) is 9.44. The van der Waals surface area contributed by atoms with Crippen LogP contribution in [-0.2, 0) is 4.74 Å². The second kappa shape index (κ2) is 4.88. The molecule has 0 saturated carbocycles. The van der Waals surface area contributed by atoms with E-state index < -0.39 is 0 Å². The van der Waals surface area contributed by atoms with Crippen molar-refractivity contribution in [3.05, 3.63) is 41.4 Å². The molecule has 0 fully saturated rings. The summed E-state index contributed by atoms with van der Waals surface area (Å²) in [4.78, 5) is 0. The van der Waals surface area contributed by atoms with E-state index in [1.54, 1.807) is 0 Å². The first kappa shape index (κ1) is 10.8. The summed E-state index contributed by atoms with van der Waals surface area (Å²) < 4.78 is 4.88. The lowest BCUT2D eigenvalue weighted by Crippen LogP contribution is -2.13. The molecule has 0 aromatic heterocycles. The quantitative estimate of drug-likeness (QED) is 0.401. The van der Waals surface area contributed by atoms with Gasteiger partial charge in [0.25, 0.3) is 0 Å². The predicted molar refractivity (Wildman–Crippen MR) is 62.3 cm³/mol. The normalized spacial score (nSPS) is 26.1. The van der Waals surface area contributed by atoms with Crippen molar-refractivity contribution in [2.75, 3.05) is 7.11 Å². The van der Waals surface area contributed by atoms with Crippen molar-refractivity contribution in [1.29, 1.82) is 5.26 Å². The number of hydrogen-bond acceptors (Lipinski definition) is 2. The zero-order chi connectivity index (χ0) is 11.4. The van der Waals surface area contributed by atoms with E-state index in [1.165, 1.54) is 25.5 Å². The second-order valence-corrected chi connectivity index (χ2v) is 4.15. The molecule has 2 rings (SSSR count). The number of fused-ring (bicyclic) bond motifs is 1. The van der Waals surface area contributed by atoms with Gasteiger partial charge in [0.15, 0.2) is 0 Å². The highest BCUT2D eigenvalue weighted by Crippen LogP contribution is 2.38. The third kappa shape index (κ3) is 2.10. The first-order chi connectivity index (χ1) is 7.85. The molecule has 0 aromatic carbocycles. The summed E-state index contributed by atoms with van der Waals surface area (Å²) >= 11 is 0. The minimum atomic E-state index is 0.262. The van der Waals surface area contributed by atoms with E-state index in [0.717, 1.165) is 6.42 Å². The molecule has 16 heavy (non-hydrogen) atoms. The van der Waals surface area contributed by atoms with Crippen LogP contribution >= 0.6 is 0 Å². The summed E-state index contributed by atoms with van der Waals surface area (Å²) in [6, 6.07) is 1.97. The number of ether oxygens (including phenoxy) is 1. The fourth-order valence-corrected chi connectivity index (χ4v) is 2.43. The highest BCUT2D eigenvalue weighted by Gasteiger charge is 2.26. The molecule has 2 heteroatoms. The Hall–Kier alpha value is -1.71. The number of hydrogen-bond donors (Lipinski definition) is 0. The van der Waals surface area contributed by atoms with Gasteiger partial charge in [-0.3, -0.25) is 0 Å². The van der Waals surface area contributed by atoms with Gasteiger partial charge < -0.3 is 4.74 Å². The Morgan fingerprint density at radius 3 is 3.25 bits per heavy atom. The molecule has 0 N–H and O–H groups in total. The van der Waals surface area contributed by atoms with Crippen molar-refractivity contribution >= 4 is 0 Å². The van der Waals surface area contributed by atoms with Crippen molar-refractivity contribution in [1.82, 2.24) is 0 Å². The zero-order valence-corrected chi connectivity index (χ0v) is 9.44. The molecule has 0 bridgehead atoms. The summed E-state index contributed by atoms with van der Waals surface area (Å²) in [6.45, 7) is 0. The maximum absolute atomic E-state index is 8.72. The number of rotatable bonds is 2. The molecule has 2 unspecified atom stereocenters. The molecule has 0 amide bonds. The Balaban J connectivity index is 2.18. The number of nitrogens with zero attached hydrogens (tertiary/aromatic N) is 1. The average Bonchev–Trinajstić information content (AvgIpc) is 2.79. The third-order valence-corrected chi connectivity index (χ3v) is 3.26. The molecule has 2 atom stereocenters. The largest absolute Gasteiger partial charge is 0.481 e. The molecule has 0 radical (unpaired) electrons. The van der Waals surface area contributed by atoms with E-state index in [-0.39, 0.29) is 5.76 Å². The van der Waals surface area contributed by atoms with Crippen molar-refractivity contribution in [3.8, 4) is 6.07 Å². The van der Waals surface area contributed by atoms with Gasteiger partial charge >= 0.3 is 0 Å². The Bertz CT molecular complexity index is 430. The summed E-state index contributed by atoms with van der Waals surface area (Å²) in [5.41, 5.74) is 4.40. The summed E-state index contributed by atoms with van der Waals surface area (Å²) in [5, 5.41) is 8.72. The van der Waals surface area contributed by atoms with Crippen LogP contribution in [-0.4, -0.2) is 7.11 Å². The van der Waals surface area contributed by atoms with Crippen LogP contribution in [0.4, 0.5) is 0 Å². The van der Waals surface area contributed by atoms with Gasteiger partial charge in [0.05, 0.1) is 7.11 Å². The molecule has 2 aliphatic rings. The van der Waals surface area contributed by atoms with Crippen LogP contribution in [0.1, 0.15) is 19.3 Å². The molecule has 0 saturated heterocycles. The lowest BCUT2D eigenvalue weighted by molar-refractivity contribution is 0.310. The van der Waals surface area contributed by atoms with Gasteiger partial charge in [0.2, 0.25) is 5.76 Å². The standard InChI is InChI=1S/C14H15NO/c1-16-13(10-15)9-8-12-5-2-4-11-6-3-7-14(11)12/h2,4,6,8,12,14H,3,5,7H2,1H3. The molecule has 2 aliphatic carbocycles. The van der Waals surface area contributed by atoms with Gasteiger partial charge in [-0.05, 0) is 42.7 Å². The van der Waals surface area contributed by atoms with Crippen LogP contribution < -0.4 is 0 Å². The predicted octanol–water partition coefficient (Wildman–Crippen LogP) is 3.11. The van der Waals surface area contributed by atoms with Crippen molar-refractivity contribution in [2.24, 2.45) is 11.8 Å². The number of nitriles is 1. The highest BCUT2D eigenvalue weighted by atomic mass is 16.5. The molecule has 0 aliphatic heterocycles. The minimum Gasteiger partial charge on any atom is -0.481 e. The minimum absolute atomic E-state index is 0.262. The maximum Gasteiger partial charge on any atom is 0.241 e. The Morgan fingerprint density at radius 1 is 1.62 bits per heavy atom. The van der Waals surface area contributed by atoms with Crippen molar-refractivity contribution in [2.45, 2.75) is 19.3 Å². The smallest absolute Gasteiger partial charge is 0.241 e. The van der Waals surface area contributed by atoms with Crippen LogP contribution in [0.3, 0.4) is 0 Å². The van der Waals surface area contributed by atoms with E-state index in [9.17, 15) is 0 Å². The Kier molecular flexibility index (Phi) is 3.29. The van der Waals surface area contributed by atoms with Gasteiger partial charge in [0.1, 0.15) is 6.07 Å². The van der Waals surface area contributed by atoms with Crippen LogP contribution in [0.2, 0.25) is 0 Å². The molecular formula is C14H15NO. The van der Waals surface area contributed by atoms with E-state index in [2.05, 4.69) is 24.0 Å². The van der Waals surface area contributed by atoms with Crippen LogP contribution in [0.5, 0.6) is 0 Å². The maximum atomic E-state index is 8.72. The molecule has 0 heterocycles. The van der Waals surface area contributed by atoms with Gasteiger partial charge in [-0.15, -0.1) is 0 Å². The first-order valence-corrected chi connectivity index (χ1v) is 5.62. The van der Waals surface area contributed by atoms with Crippen molar-refractivity contribution < 1.29 is 4.74 Å². The van der Waals surface area contributed by atoms with Crippen LogP contribution in [0.25, 0.3) is 0 Å². The van der Waals surface area contributed by atoms with E-state index >= 15 is 0 Å². The SMILES string of the molecule is COC(=C=CC1CC=CC2=CCCC21)C#N.